The third-order valence-electron chi connectivity index (χ3n) is 3.23. The molecule has 0 spiro atoms. The second kappa shape index (κ2) is 3.24. The summed E-state index contributed by atoms with van der Waals surface area (Å²) >= 11 is 0. The maximum Gasteiger partial charge on any atom is 0.150 e. The van der Waals surface area contributed by atoms with E-state index in [0.717, 1.165) is 6.42 Å². The van der Waals surface area contributed by atoms with Gasteiger partial charge in [-0.05, 0) is 37.0 Å². The molecule has 1 saturated carbocycles. The Labute approximate surface area is 79.1 Å². The molecular weight excluding hydrogens is 188 g/mol. The van der Waals surface area contributed by atoms with E-state index in [9.17, 15) is 8.42 Å². The van der Waals surface area contributed by atoms with Gasteiger partial charge in [-0.3, -0.25) is 0 Å². The maximum atomic E-state index is 11.0. The molecule has 76 valence electrons. The molecule has 1 heterocycles. The number of rotatable bonds is 4. The first-order chi connectivity index (χ1) is 6.12. The van der Waals surface area contributed by atoms with Crippen molar-refractivity contribution in [2.45, 2.75) is 19.3 Å². The summed E-state index contributed by atoms with van der Waals surface area (Å²) in [6.45, 7) is 0.206. The third-order valence-corrected chi connectivity index (χ3v) is 5.10. The van der Waals surface area contributed by atoms with Gasteiger partial charge in [-0.1, -0.05) is 0 Å². The lowest BCUT2D eigenvalue weighted by molar-refractivity contribution is 0.211. The van der Waals surface area contributed by atoms with E-state index in [2.05, 4.69) is 0 Å². The molecule has 0 amide bonds. The molecule has 0 radical (unpaired) electrons. The van der Waals surface area contributed by atoms with E-state index in [1.807, 2.05) is 0 Å². The van der Waals surface area contributed by atoms with Crippen molar-refractivity contribution in [3.8, 4) is 0 Å². The zero-order valence-corrected chi connectivity index (χ0v) is 8.46. The molecule has 1 unspecified atom stereocenters. The first kappa shape index (κ1) is 9.46. The number of sulfone groups is 1. The Morgan fingerprint density at radius 1 is 1.23 bits per heavy atom. The van der Waals surface area contributed by atoms with Crippen LogP contribution in [-0.4, -0.2) is 31.6 Å². The van der Waals surface area contributed by atoms with Crippen LogP contribution in [0.1, 0.15) is 19.3 Å². The quantitative estimate of drug-likeness (QED) is 0.723. The van der Waals surface area contributed by atoms with Crippen molar-refractivity contribution >= 4 is 9.84 Å². The zero-order valence-electron chi connectivity index (χ0n) is 7.65. The summed E-state index contributed by atoms with van der Waals surface area (Å²) in [6, 6.07) is 0. The van der Waals surface area contributed by atoms with Crippen molar-refractivity contribution in [2.75, 3.05) is 18.1 Å². The highest BCUT2D eigenvalue weighted by atomic mass is 32.2. The van der Waals surface area contributed by atoms with Crippen molar-refractivity contribution < 1.29 is 13.5 Å². The van der Waals surface area contributed by atoms with Crippen LogP contribution in [0.3, 0.4) is 0 Å². The summed E-state index contributed by atoms with van der Waals surface area (Å²) in [5, 5.41) is 8.86. The number of aliphatic hydroxyl groups is 1. The Morgan fingerprint density at radius 2 is 1.85 bits per heavy atom. The Morgan fingerprint density at radius 3 is 2.23 bits per heavy atom. The highest BCUT2D eigenvalue weighted by Crippen LogP contribution is 2.45. The van der Waals surface area contributed by atoms with Gasteiger partial charge in [0.05, 0.1) is 11.5 Å². The van der Waals surface area contributed by atoms with Crippen molar-refractivity contribution in [3.05, 3.63) is 0 Å². The molecule has 1 atom stereocenters. The number of aliphatic hydroxyl groups excluding tert-OH is 1. The molecule has 2 aliphatic rings. The number of hydrogen-bond acceptors (Lipinski definition) is 3. The standard InChI is InChI=1S/C9H16O3S/c10-4-3-9(7-1-2-7)8-5-13(11,12)6-8/h7-10H,1-6H2. The fraction of sp³-hybridized carbons (Fsp3) is 1.00. The Kier molecular flexibility index (Phi) is 2.36. The smallest absolute Gasteiger partial charge is 0.150 e. The van der Waals surface area contributed by atoms with E-state index in [0.29, 0.717) is 29.3 Å². The van der Waals surface area contributed by atoms with E-state index in [1.165, 1.54) is 12.8 Å². The van der Waals surface area contributed by atoms with E-state index < -0.39 is 9.84 Å². The average Bonchev–Trinajstić information content (AvgIpc) is 2.78. The van der Waals surface area contributed by atoms with Crippen molar-refractivity contribution in [2.24, 2.45) is 17.8 Å². The summed E-state index contributed by atoms with van der Waals surface area (Å²) in [4.78, 5) is 0. The molecule has 0 aromatic heterocycles. The average molecular weight is 204 g/mol. The summed E-state index contributed by atoms with van der Waals surface area (Å²) in [5.41, 5.74) is 0. The van der Waals surface area contributed by atoms with E-state index in [-0.39, 0.29) is 6.61 Å². The summed E-state index contributed by atoms with van der Waals surface area (Å²) in [6.07, 6.45) is 3.27. The SMILES string of the molecule is O=S1(=O)CC(C(CCO)C2CC2)C1. The largest absolute Gasteiger partial charge is 0.396 e. The van der Waals surface area contributed by atoms with Gasteiger partial charge in [0.1, 0.15) is 0 Å². The summed E-state index contributed by atoms with van der Waals surface area (Å²) < 4.78 is 22.0. The van der Waals surface area contributed by atoms with Crippen LogP contribution in [0, 0.1) is 17.8 Å². The highest BCUT2D eigenvalue weighted by molar-refractivity contribution is 7.92. The highest BCUT2D eigenvalue weighted by Gasteiger charge is 2.44. The normalized spacial score (nSPS) is 29.6. The lowest BCUT2D eigenvalue weighted by atomic mass is 9.87. The third kappa shape index (κ3) is 2.05. The molecule has 2 fully saturated rings. The van der Waals surface area contributed by atoms with Gasteiger partial charge in [0.25, 0.3) is 0 Å². The van der Waals surface area contributed by atoms with Crippen LogP contribution in [0.2, 0.25) is 0 Å². The van der Waals surface area contributed by atoms with E-state index in [1.54, 1.807) is 0 Å². The fourth-order valence-corrected chi connectivity index (χ4v) is 4.08. The molecule has 1 N–H and O–H groups in total. The summed E-state index contributed by atoms with van der Waals surface area (Å²) in [5.74, 6) is 2.29. The van der Waals surface area contributed by atoms with Crippen LogP contribution in [0.15, 0.2) is 0 Å². The molecule has 1 saturated heterocycles. The lowest BCUT2D eigenvalue weighted by Gasteiger charge is -2.33. The molecule has 2 rings (SSSR count). The molecule has 0 aromatic carbocycles. The lowest BCUT2D eigenvalue weighted by Crippen LogP contribution is -2.42. The van der Waals surface area contributed by atoms with Crippen molar-refractivity contribution in [1.82, 2.24) is 0 Å². The van der Waals surface area contributed by atoms with Gasteiger partial charge in [0.2, 0.25) is 0 Å². The minimum atomic E-state index is -2.68. The molecule has 3 nitrogen and oxygen atoms in total. The van der Waals surface area contributed by atoms with Crippen LogP contribution in [0.4, 0.5) is 0 Å². The van der Waals surface area contributed by atoms with Gasteiger partial charge in [0, 0.05) is 6.61 Å². The first-order valence-electron chi connectivity index (χ1n) is 4.93. The van der Waals surface area contributed by atoms with E-state index in [4.69, 9.17) is 5.11 Å². The first-order valence-corrected chi connectivity index (χ1v) is 6.76. The topological polar surface area (TPSA) is 54.4 Å². The van der Waals surface area contributed by atoms with Gasteiger partial charge >= 0.3 is 0 Å². The fourth-order valence-electron chi connectivity index (χ4n) is 2.38. The van der Waals surface area contributed by atoms with Gasteiger partial charge in [0.15, 0.2) is 9.84 Å². The van der Waals surface area contributed by atoms with Crippen LogP contribution in [-0.2, 0) is 9.84 Å². The van der Waals surface area contributed by atoms with E-state index >= 15 is 0 Å². The van der Waals surface area contributed by atoms with Gasteiger partial charge in [-0.25, -0.2) is 8.42 Å². The Bertz CT molecular complexity index is 267. The van der Waals surface area contributed by atoms with Gasteiger partial charge < -0.3 is 5.11 Å². The molecule has 0 bridgehead atoms. The van der Waals surface area contributed by atoms with Gasteiger partial charge in [-0.15, -0.1) is 0 Å². The molecule has 13 heavy (non-hydrogen) atoms. The molecule has 4 heteroatoms. The second-order valence-corrected chi connectivity index (χ2v) is 6.50. The van der Waals surface area contributed by atoms with Crippen LogP contribution >= 0.6 is 0 Å². The summed E-state index contributed by atoms with van der Waals surface area (Å²) in [7, 11) is -2.68. The van der Waals surface area contributed by atoms with Crippen molar-refractivity contribution in [1.29, 1.82) is 0 Å². The minimum Gasteiger partial charge on any atom is -0.396 e. The van der Waals surface area contributed by atoms with Crippen LogP contribution in [0.5, 0.6) is 0 Å². The predicted octanol–water partition coefficient (Wildman–Crippen LogP) is 0.440. The predicted molar refractivity (Wildman–Crippen MR) is 50.1 cm³/mol. The monoisotopic (exact) mass is 204 g/mol. The van der Waals surface area contributed by atoms with Gasteiger partial charge in [-0.2, -0.15) is 0 Å². The Balaban J connectivity index is 1.90. The zero-order chi connectivity index (χ0) is 9.47. The van der Waals surface area contributed by atoms with Crippen molar-refractivity contribution in [3.63, 3.8) is 0 Å². The Hall–Kier alpha value is -0.0900. The van der Waals surface area contributed by atoms with Crippen LogP contribution in [0.25, 0.3) is 0 Å². The maximum absolute atomic E-state index is 11.0. The number of hydrogen-bond donors (Lipinski definition) is 1. The molecule has 0 aromatic rings. The second-order valence-electron chi connectivity index (χ2n) is 4.35. The molecule has 1 aliphatic heterocycles. The molecule has 1 aliphatic carbocycles. The molecular formula is C9H16O3S. The van der Waals surface area contributed by atoms with Crippen LogP contribution < -0.4 is 0 Å². The minimum absolute atomic E-state index is 0.206.